The Hall–Kier alpha value is -1.20. The van der Waals surface area contributed by atoms with Gasteiger partial charge >= 0.3 is 0 Å². The Morgan fingerprint density at radius 3 is 2.82 bits per heavy atom. The van der Waals surface area contributed by atoms with Crippen LogP contribution < -0.4 is 0 Å². The van der Waals surface area contributed by atoms with Crippen molar-refractivity contribution in [3.8, 4) is 0 Å². The molecule has 1 fully saturated rings. The molecule has 0 saturated carbocycles. The van der Waals surface area contributed by atoms with Crippen LogP contribution in [0.25, 0.3) is 6.08 Å². The molecule has 1 aromatic heterocycles. The van der Waals surface area contributed by atoms with Crippen LogP contribution in [0.1, 0.15) is 19.4 Å². The molecule has 3 nitrogen and oxygen atoms in total. The molecule has 0 aromatic carbocycles. The van der Waals surface area contributed by atoms with E-state index in [-0.39, 0.29) is 11.9 Å². The fourth-order valence-corrected chi connectivity index (χ4v) is 3.06. The maximum Gasteiger partial charge on any atom is 0.266 e. The van der Waals surface area contributed by atoms with Gasteiger partial charge in [0, 0.05) is 18.4 Å². The third kappa shape index (κ3) is 2.56. The number of rotatable bonds is 2. The maximum absolute atomic E-state index is 12.1. The molecule has 0 unspecified atom stereocenters. The van der Waals surface area contributed by atoms with E-state index < -0.39 is 0 Å². The standard InChI is InChI=1S/C12H12N2OS2/c1-8(2)14-11(15)10(17-12(14)16)6-9-4-3-5-13-7-9/h3-8H,1-2H3/b10-6-. The highest BCUT2D eigenvalue weighted by Gasteiger charge is 2.33. The predicted molar refractivity (Wildman–Crippen MR) is 74.4 cm³/mol. The molecule has 0 radical (unpaired) electrons. The molecule has 1 aliphatic heterocycles. The average molecular weight is 264 g/mol. The van der Waals surface area contributed by atoms with Gasteiger partial charge in [0.05, 0.1) is 4.91 Å². The van der Waals surface area contributed by atoms with Crippen molar-refractivity contribution in [2.24, 2.45) is 0 Å². The number of pyridine rings is 1. The minimum absolute atomic E-state index is 0.0150. The molecule has 0 N–H and O–H groups in total. The fraction of sp³-hybridized carbons (Fsp3) is 0.250. The van der Waals surface area contributed by atoms with E-state index in [2.05, 4.69) is 4.98 Å². The lowest BCUT2D eigenvalue weighted by atomic mass is 10.2. The molecule has 0 bridgehead atoms. The minimum Gasteiger partial charge on any atom is -0.290 e. The lowest BCUT2D eigenvalue weighted by molar-refractivity contribution is -0.123. The number of carbonyl (C=O) groups is 1. The van der Waals surface area contributed by atoms with Gasteiger partial charge in [0.1, 0.15) is 4.32 Å². The van der Waals surface area contributed by atoms with Gasteiger partial charge in [0.25, 0.3) is 5.91 Å². The van der Waals surface area contributed by atoms with Crippen molar-refractivity contribution in [1.82, 2.24) is 9.88 Å². The number of thioether (sulfide) groups is 1. The third-order valence-corrected chi connectivity index (χ3v) is 3.65. The van der Waals surface area contributed by atoms with Crippen molar-refractivity contribution in [2.75, 3.05) is 0 Å². The Labute approximate surface area is 110 Å². The second-order valence-corrected chi connectivity index (χ2v) is 5.61. The molecule has 1 saturated heterocycles. The van der Waals surface area contributed by atoms with Crippen LogP contribution in [0, 0.1) is 0 Å². The summed E-state index contributed by atoms with van der Waals surface area (Å²) in [5.41, 5.74) is 0.914. The first-order chi connectivity index (χ1) is 8.09. The number of carbonyl (C=O) groups excluding carboxylic acids is 1. The summed E-state index contributed by atoms with van der Waals surface area (Å²) in [7, 11) is 0. The number of hydrogen-bond acceptors (Lipinski definition) is 4. The summed E-state index contributed by atoms with van der Waals surface area (Å²) in [5.74, 6) is -0.0150. The molecule has 17 heavy (non-hydrogen) atoms. The maximum atomic E-state index is 12.1. The number of amides is 1. The van der Waals surface area contributed by atoms with Gasteiger partial charge in [0.2, 0.25) is 0 Å². The van der Waals surface area contributed by atoms with Gasteiger partial charge in [0.15, 0.2) is 0 Å². The van der Waals surface area contributed by atoms with Crippen molar-refractivity contribution in [2.45, 2.75) is 19.9 Å². The average Bonchev–Trinajstić information content (AvgIpc) is 2.55. The van der Waals surface area contributed by atoms with Crippen molar-refractivity contribution in [1.29, 1.82) is 0 Å². The second kappa shape index (κ2) is 4.98. The summed E-state index contributed by atoms with van der Waals surface area (Å²) in [4.78, 5) is 18.4. The summed E-state index contributed by atoms with van der Waals surface area (Å²) in [6.07, 6.45) is 5.26. The van der Waals surface area contributed by atoms with E-state index in [1.165, 1.54) is 11.8 Å². The van der Waals surface area contributed by atoms with Crippen LogP contribution in [0.15, 0.2) is 29.4 Å². The van der Waals surface area contributed by atoms with E-state index in [9.17, 15) is 4.79 Å². The number of nitrogens with zero attached hydrogens (tertiary/aromatic N) is 2. The van der Waals surface area contributed by atoms with E-state index in [1.807, 2.05) is 32.1 Å². The fourth-order valence-electron chi connectivity index (χ4n) is 1.54. The van der Waals surface area contributed by atoms with Gasteiger partial charge in [-0.1, -0.05) is 30.0 Å². The Morgan fingerprint density at radius 2 is 2.29 bits per heavy atom. The molecule has 2 heterocycles. The third-order valence-electron chi connectivity index (χ3n) is 2.32. The quantitative estimate of drug-likeness (QED) is 0.607. The molecule has 1 aromatic rings. The Morgan fingerprint density at radius 1 is 1.53 bits per heavy atom. The van der Waals surface area contributed by atoms with E-state index >= 15 is 0 Å². The van der Waals surface area contributed by atoms with Crippen LogP contribution in [0.5, 0.6) is 0 Å². The molecule has 2 rings (SSSR count). The second-order valence-electron chi connectivity index (χ2n) is 3.93. The highest BCUT2D eigenvalue weighted by Crippen LogP contribution is 2.33. The first kappa shape index (κ1) is 12.3. The molecule has 0 spiro atoms. The number of hydrogen-bond donors (Lipinski definition) is 0. The van der Waals surface area contributed by atoms with Crippen LogP contribution >= 0.6 is 24.0 Å². The van der Waals surface area contributed by atoms with Crippen LogP contribution in [0.4, 0.5) is 0 Å². The van der Waals surface area contributed by atoms with Crippen molar-refractivity contribution >= 4 is 40.3 Å². The highest BCUT2D eigenvalue weighted by atomic mass is 32.2. The predicted octanol–water partition coefficient (Wildman–Crippen LogP) is 2.69. The normalized spacial score (nSPS) is 18.5. The van der Waals surface area contributed by atoms with Crippen LogP contribution in [-0.4, -0.2) is 26.2 Å². The SMILES string of the molecule is CC(C)N1C(=O)/C(=C/c2cccnc2)SC1=S. The zero-order chi connectivity index (χ0) is 12.4. The highest BCUT2D eigenvalue weighted by molar-refractivity contribution is 8.26. The summed E-state index contributed by atoms with van der Waals surface area (Å²) in [6.45, 7) is 3.91. The van der Waals surface area contributed by atoms with Gasteiger partial charge in [-0.3, -0.25) is 14.7 Å². The summed E-state index contributed by atoms with van der Waals surface area (Å²) >= 11 is 6.54. The lowest BCUT2D eigenvalue weighted by Crippen LogP contribution is -2.34. The van der Waals surface area contributed by atoms with Crippen molar-refractivity contribution in [3.63, 3.8) is 0 Å². The lowest BCUT2D eigenvalue weighted by Gasteiger charge is -2.18. The molecular weight excluding hydrogens is 252 g/mol. The van der Waals surface area contributed by atoms with E-state index in [1.54, 1.807) is 17.3 Å². The first-order valence-electron chi connectivity index (χ1n) is 5.26. The van der Waals surface area contributed by atoms with Crippen LogP contribution in [0.2, 0.25) is 0 Å². The molecule has 1 aliphatic rings. The van der Waals surface area contributed by atoms with Gasteiger partial charge in [-0.15, -0.1) is 0 Å². The van der Waals surface area contributed by atoms with Crippen LogP contribution in [0.3, 0.4) is 0 Å². The molecule has 0 atom stereocenters. The zero-order valence-corrected chi connectivity index (χ0v) is 11.2. The number of thiocarbonyl (C=S) groups is 1. The zero-order valence-electron chi connectivity index (χ0n) is 9.58. The summed E-state index contributed by atoms with van der Waals surface area (Å²) in [6, 6.07) is 3.85. The topological polar surface area (TPSA) is 33.2 Å². The summed E-state index contributed by atoms with van der Waals surface area (Å²) < 4.78 is 0.625. The van der Waals surface area contributed by atoms with Crippen molar-refractivity contribution < 1.29 is 4.79 Å². The van der Waals surface area contributed by atoms with Gasteiger partial charge in [-0.25, -0.2) is 0 Å². The van der Waals surface area contributed by atoms with Crippen LogP contribution in [-0.2, 0) is 4.79 Å². The van der Waals surface area contributed by atoms with Gasteiger partial charge < -0.3 is 0 Å². The molecule has 0 aliphatic carbocycles. The first-order valence-corrected chi connectivity index (χ1v) is 6.49. The summed E-state index contributed by atoms with van der Waals surface area (Å²) in [5, 5.41) is 0. The van der Waals surface area contributed by atoms with E-state index in [4.69, 9.17) is 12.2 Å². The molecule has 1 amide bonds. The smallest absolute Gasteiger partial charge is 0.266 e. The molecular formula is C12H12N2OS2. The van der Waals surface area contributed by atoms with Crippen molar-refractivity contribution in [3.05, 3.63) is 35.0 Å². The van der Waals surface area contributed by atoms with Gasteiger partial charge in [-0.05, 0) is 31.6 Å². The Bertz CT molecular complexity index is 483. The Balaban J connectivity index is 2.28. The minimum atomic E-state index is -0.0150. The van der Waals surface area contributed by atoms with E-state index in [0.717, 1.165) is 5.56 Å². The molecule has 5 heteroatoms. The van der Waals surface area contributed by atoms with Gasteiger partial charge in [-0.2, -0.15) is 0 Å². The Kier molecular flexibility index (Phi) is 3.59. The number of aromatic nitrogens is 1. The monoisotopic (exact) mass is 264 g/mol. The largest absolute Gasteiger partial charge is 0.290 e. The van der Waals surface area contributed by atoms with E-state index in [0.29, 0.717) is 9.23 Å². The molecule has 88 valence electrons.